The Hall–Kier alpha value is -1.89. The molecule has 1 saturated heterocycles. The number of benzene rings is 1. The van der Waals surface area contributed by atoms with E-state index in [0.29, 0.717) is 5.69 Å². The summed E-state index contributed by atoms with van der Waals surface area (Å²) < 4.78 is 11.6. The first-order chi connectivity index (χ1) is 12.3. The maximum absolute atomic E-state index is 12.5. The molecule has 1 N–H and O–H groups in total. The Balaban J connectivity index is 1.35. The minimum atomic E-state index is -0.462. The maximum Gasteiger partial charge on any atom is 0.310 e. The van der Waals surface area contributed by atoms with E-state index in [1.165, 1.54) is 0 Å². The molecule has 2 bridgehead atoms. The van der Waals surface area contributed by atoms with Gasteiger partial charge in [-0.05, 0) is 55.9 Å². The van der Waals surface area contributed by atoms with E-state index >= 15 is 0 Å². The molecular formula is C19H20BrNO5. The Bertz CT molecular complexity index is 782. The SMILES string of the molecule is Cc1cc(NC(=O)COC(=O)C2C3CC4OC(=O)C2C4C3)cc(C)c1Br. The normalized spacial score (nSPS) is 31.0. The first kappa shape index (κ1) is 17.5. The van der Waals surface area contributed by atoms with E-state index in [2.05, 4.69) is 21.2 Å². The van der Waals surface area contributed by atoms with E-state index in [0.717, 1.165) is 28.4 Å². The fourth-order valence-corrected chi connectivity index (χ4v) is 5.00. The van der Waals surface area contributed by atoms with Crippen LogP contribution in [0.1, 0.15) is 24.0 Å². The lowest BCUT2D eigenvalue weighted by atomic mass is 9.80. The molecule has 5 atom stereocenters. The summed E-state index contributed by atoms with van der Waals surface area (Å²) in [5.41, 5.74) is 2.67. The molecule has 1 amide bonds. The lowest BCUT2D eigenvalue weighted by Crippen LogP contribution is -2.34. The number of halogens is 1. The topological polar surface area (TPSA) is 81.7 Å². The highest BCUT2D eigenvalue weighted by Crippen LogP contribution is 2.57. The van der Waals surface area contributed by atoms with Gasteiger partial charge in [0.1, 0.15) is 6.10 Å². The Kier molecular flexibility index (Phi) is 4.29. The van der Waals surface area contributed by atoms with Crippen LogP contribution in [0, 0.1) is 37.5 Å². The number of aryl methyl sites for hydroxylation is 2. The number of amides is 1. The number of hydrogen-bond acceptors (Lipinski definition) is 5. The summed E-state index contributed by atoms with van der Waals surface area (Å²) in [6.45, 7) is 3.53. The molecule has 7 heteroatoms. The minimum Gasteiger partial charge on any atom is -0.462 e. The van der Waals surface area contributed by atoms with Crippen LogP contribution in [0.3, 0.4) is 0 Å². The second kappa shape index (κ2) is 6.37. The maximum atomic E-state index is 12.5. The second-order valence-corrected chi connectivity index (χ2v) is 8.30. The van der Waals surface area contributed by atoms with Gasteiger partial charge in [-0.1, -0.05) is 15.9 Å². The first-order valence-electron chi connectivity index (χ1n) is 8.79. The predicted octanol–water partition coefficient (Wildman–Crippen LogP) is 2.75. The molecule has 4 rings (SSSR count). The molecular weight excluding hydrogens is 402 g/mol. The van der Waals surface area contributed by atoms with Crippen LogP contribution in [0.4, 0.5) is 5.69 Å². The summed E-state index contributed by atoms with van der Waals surface area (Å²) >= 11 is 3.48. The van der Waals surface area contributed by atoms with Gasteiger partial charge in [0, 0.05) is 16.1 Å². The summed E-state index contributed by atoms with van der Waals surface area (Å²) in [4.78, 5) is 36.6. The summed E-state index contributed by atoms with van der Waals surface area (Å²) in [6.07, 6.45) is 1.55. The molecule has 3 aliphatic rings. The van der Waals surface area contributed by atoms with Gasteiger partial charge in [0.25, 0.3) is 5.91 Å². The van der Waals surface area contributed by atoms with Crippen LogP contribution in [-0.4, -0.2) is 30.6 Å². The Morgan fingerprint density at radius 2 is 1.96 bits per heavy atom. The zero-order valence-corrected chi connectivity index (χ0v) is 16.2. The molecule has 5 unspecified atom stereocenters. The highest BCUT2D eigenvalue weighted by Gasteiger charge is 2.64. The third-order valence-corrected chi connectivity index (χ3v) is 7.07. The van der Waals surface area contributed by atoms with Crippen molar-refractivity contribution in [3.63, 3.8) is 0 Å². The Labute approximate surface area is 159 Å². The quantitative estimate of drug-likeness (QED) is 0.755. The van der Waals surface area contributed by atoms with Crippen LogP contribution in [0.5, 0.6) is 0 Å². The fraction of sp³-hybridized carbons (Fsp3) is 0.526. The van der Waals surface area contributed by atoms with Crippen molar-refractivity contribution in [2.24, 2.45) is 23.7 Å². The van der Waals surface area contributed by atoms with Gasteiger partial charge in [0.05, 0.1) is 11.8 Å². The van der Waals surface area contributed by atoms with E-state index in [4.69, 9.17) is 9.47 Å². The molecule has 0 radical (unpaired) electrons. The van der Waals surface area contributed by atoms with Gasteiger partial charge in [-0.3, -0.25) is 14.4 Å². The van der Waals surface area contributed by atoms with Crippen molar-refractivity contribution in [3.05, 3.63) is 27.7 Å². The molecule has 0 aromatic heterocycles. The molecule has 1 aromatic carbocycles. The standard InChI is InChI=1S/C19H20BrNO5/c1-8-3-11(4-9(2)17(8)20)21-14(22)7-25-18(23)15-10-5-12-13(6-10)26-19(24)16(12)15/h3-4,10,12-13,15-16H,5-7H2,1-2H3,(H,21,22). The van der Waals surface area contributed by atoms with Gasteiger partial charge in [0.2, 0.25) is 0 Å². The summed E-state index contributed by atoms with van der Waals surface area (Å²) in [6, 6.07) is 3.70. The fourth-order valence-electron chi connectivity index (χ4n) is 4.77. The largest absolute Gasteiger partial charge is 0.462 e. The summed E-state index contributed by atoms with van der Waals surface area (Å²) in [5, 5.41) is 2.74. The zero-order valence-electron chi connectivity index (χ0n) is 14.6. The van der Waals surface area contributed by atoms with E-state index < -0.39 is 17.8 Å². The molecule has 0 spiro atoms. The molecule has 2 aliphatic carbocycles. The molecule has 138 valence electrons. The molecule has 26 heavy (non-hydrogen) atoms. The van der Waals surface area contributed by atoms with Crippen LogP contribution in [-0.2, 0) is 23.9 Å². The highest BCUT2D eigenvalue weighted by molar-refractivity contribution is 9.10. The number of fused-ring (bicyclic) bond motifs is 1. The lowest BCUT2D eigenvalue weighted by molar-refractivity contribution is -0.157. The second-order valence-electron chi connectivity index (χ2n) is 7.50. The number of esters is 2. The molecule has 2 saturated carbocycles. The number of carbonyl (C=O) groups is 3. The van der Waals surface area contributed by atoms with Crippen LogP contribution in [0.2, 0.25) is 0 Å². The first-order valence-corrected chi connectivity index (χ1v) is 9.58. The van der Waals surface area contributed by atoms with Crippen molar-refractivity contribution < 1.29 is 23.9 Å². The van der Waals surface area contributed by atoms with Gasteiger partial charge in [-0.2, -0.15) is 0 Å². The van der Waals surface area contributed by atoms with Gasteiger partial charge in [-0.25, -0.2) is 0 Å². The van der Waals surface area contributed by atoms with Crippen LogP contribution < -0.4 is 5.32 Å². The van der Waals surface area contributed by atoms with E-state index in [1.54, 1.807) is 0 Å². The van der Waals surface area contributed by atoms with Crippen LogP contribution in [0.15, 0.2) is 16.6 Å². The molecule has 6 nitrogen and oxygen atoms in total. The van der Waals surface area contributed by atoms with E-state index in [1.807, 2.05) is 26.0 Å². The lowest BCUT2D eigenvalue weighted by Gasteiger charge is -2.22. The number of anilines is 1. The summed E-state index contributed by atoms with van der Waals surface area (Å²) in [7, 11) is 0. The number of rotatable bonds is 4. The number of hydrogen-bond donors (Lipinski definition) is 1. The molecule has 1 heterocycles. The predicted molar refractivity (Wildman–Crippen MR) is 96.3 cm³/mol. The Morgan fingerprint density at radius 1 is 1.27 bits per heavy atom. The average molecular weight is 422 g/mol. The highest BCUT2D eigenvalue weighted by atomic mass is 79.9. The van der Waals surface area contributed by atoms with Crippen molar-refractivity contribution >= 4 is 39.5 Å². The molecule has 1 aliphatic heterocycles. The van der Waals surface area contributed by atoms with Gasteiger partial charge >= 0.3 is 11.9 Å². The monoisotopic (exact) mass is 421 g/mol. The third-order valence-electron chi connectivity index (χ3n) is 5.82. The minimum absolute atomic E-state index is 0.0197. The van der Waals surface area contributed by atoms with Crippen molar-refractivity contribution in [2.45, 2.75) is 32.8 Å². The van der Waals surface area contributed by atoms with Crippen molar-refractivity contribution in [3.8, 4) is 0 Å². The zero-order chi connectivity index (χ0) is 18.6. The smallest absolute Gasteiger partial charge is 0.310 e. The van der Waals surface area contributed by atoms with Gasteiger partial charge in [0.15, 0.2) is 6.61 Å². The Morgan fingerprint density at radius 3 is 2.65 bits per heavy atom. The van der Waals surface area contributed by atoms with Gasteiger partial charge in [-0.15, -0.1) is 0 Å². The number of ether oxygens (including phenoxy) is 2. The summed E-state index contributed by atoms with van der Waals surface area (Å²) in [5.74, 6) is -1.71. The average Bonchev–Trinajstić information content (AvgIpc) is 3.19. The number of carbonyl (C=O) groups excluding carboxylic acids is 3. The van der Waals surface area contributed by atoms with Crippen LogP contribution >= 0.6 is 15.9 Å². The van der Waals surface area contributed by atoms with Crippen molar-refractivity contribution in [1.82, 2.24) is 0 Å². The van der Waals surface area contributed by atoms with Crippen molar-refractivity contribution in [1.29, 1.82) is 0 Å². The van der Waals surface area contributed by atoms with E-state index in [9.17, 15) is 14.4 Å². The van der Waals surface area contributed by atoms with Crippen LogP contribution in [0.25, 0.3) is 0 Å². The molecule has 3 fully saturated rings. The third kappa shape index (κ3) is 2.82. The molecule has 1 aromatic rings. The van der Waals surface area contributed by atoms with E-state index in [-0.39, 0.29) is 36.4 Å². The van der Waals surface area contributed by atoms with Gasteiger partial charge < -0.3 is 14.8 Å². The number of nitrogens with one attached hydrogen (secondary N) is 1. The van der Waals surface area contributed by atoms with Crippen molar-refractivity contribution in [2.75, 3.05) is 11.9 Å².